The summed E-state index contributed by atoms with van der Waals surface area (Å²) in [5, 5.41) is 2.59. The summed E-state index contributed by atoms with van der Waals surface area (Å²) >= 11 is 0. The topological polar surface area (TPSA) is 146 Å². The van der Waals surface area contributed by atoms with Crippen LogP contribution in [0.5, 0.6) is 5.75 Å². The van der Waals surface area contributed by atoms with E-state index in [1.807, 2.05) is 6.92 Å². The van der Waals surface area contributed by atoms with Crippen molar-refractivity contribution in [2.45, 2.75) is 52.2 Å². The molecule has 1 atom stereocenters. The van der Waals surface area contributed by atoms with Gasteiger partial charge in [-0.15, -0.1) is 0 Å². The van der Waals surface area contributed by atoms with E-state index in [0.29, 0.717) is 6.61 Å². The van der Waals surface area contributed by atoms with Crippen molar-refractivity contribution in [3.8, 4) is 5.75 Å². The summed E-state index contributed by atoms with van der Waals surface area (Å²) in [6, 6.07) is 6.95. The van der Waals surface area contributed by atoms with Crippen LogP contribution in [0.1, 0.15) is 73.2 Å². The van der Waals surface area contributed by atoms with Gasteiger partial charge in [-0.2, -0.15) is 0 Å². The zero-order valence-electron chi connectivity index (χ0n) is 20.5. The molecule has 35 heavy (non-hydrogen) atoms. The molecule has 190 valence electrons. The van der Waals surface area contributed by atoms with Crippen molar-refractivity contribution in [2.75, 3.05) is 20.3 Å². The Morgan fingerprint density at radius 2 is 1.80 bits per heavy atom. The number of benzene rings is 1. The van der Waals surface area contributed by atoms with Gasteiger partial charge in [0.25, 0.3) is 5.56 Å². The number of unbranched alkanes of at least 4 members (excludes halogenated alkanes) is 1. The Balaban J connectivity index is 2.42. The first-order valence-electron chi connectivity index (χ1n) is 11.1. The Bertz CT molecular complexity index is 1080. The minimum absolute atomic E-state index is 0.0635. The number of carbonyl (C=O) groups excluding carboxylic acids is 3. The van der Waals surface area contributed by atoms with Crippen molar-refractivity contribution in [1.29, 1.82) is 0 Å². The third-order valence-corrected chi connectivity index (χ3v) is 4.43. The van der Waals surface area contributed by atoms with Crippen LogP contribution in [0.3, 0.4) is 0 Å². The minimum atomic E-state index is -1.00. The summed E-state index contributed by atoms with van der Waals surface area (Å²) < 4.78 is 20.8. The molecule has 0 saturated carbocycles. The third-order valence-electron chi connectivity index (χ3n) is 4.43. The highest BCUT2D eigenvalue weighted by molar-refractivity contribution is 5.94. The maximum Gasteiger partial charge on any atom is 0.408 e. The van der Waals surface area contributed by atoms with Crippen molar-refractivity contribution in [1.82, 2.24) is 15.3 Å². The van der Waals surface area contributed by atoms with Crippen LogP contribution in [0.4, 0.5) is 4.79 Å². The third kappa shape index (κ3) is 8.53. The van der Waals surface area contributed by atoms with Crippen LogP contribution >= 0.6 is 0 Å². The second-order valence-corrected chi connectivity index (χ2v) is 8.50. The van der Waals surface area contributed by atoms with E-state index in [2.05, 4.69) is 15.3 Å². The SMILES string of the molecule is CCCCOCC(NC(=O)OC(C)(C)C)c1nc(C(=O)OC)c(OC(=O)c2ccccc2)c(=O)[nH]1. The van der Waals surface area contributed by atoms with E-state index in [0.717, 1.165) is 20.0 Å². The highest BCUT2D eigenvalue weighted by Crippen LogP contribution is 2.18. The van der Waals surface area contributed by atoms with Gasteiger partial charge in [-0.3, -0.25) is 4.79 Å². The van der Waals surface area contributed by atoms with Crippen LogP contribution in [-0.4, -0.2) is 53.9 Å². The van der Waals surface area contributed by atoms with E-state index in [1.165, 1.54) is 12.1 Å². The molecule has 2 N–H and O–H groups in total. The molecule has 0 aliphatic heterocycles. The Kier molecular flexibility index (Phi) is 9.95. The molecule has 11 nitrogen and oxygen atoms in total. The molecule has 2 rings (SSSR count). The monoisotopic (exact) mass is 489 g/mol. The minimum Gasteiger partial charge on any atom is -0.464 e. The normalized spacial score (nSPS) is 11.9. The fourth-order valence-corrected chi connectivity index (χ4v) is 2.79. The number of methoxy groups -OCH3 is 1. The number of aromatic amines is 1. The Hall–Kier alpha value is -3.73. The van der Waals surface area contributed by atoms with Gasteiger partial charge in [-0.05, 0) is 39.3 Å². The second-order valence-electron chi connectivity index (χ2n) is 8.50. The van der Waals surface area contributed by atoms with Crippen LogP contribution in [0, 0.1) is 0 Å². The zero-order valence-corrected chi connectivity index (χ0v) is 20.5. The molecule has 1 heterocycles. The van der Waals surface area contributed by atoms with E-state index in [-0.39, 0.29) is 18.0 Å². The molecular weight excluding hydrogens is 458 g/mol. The molecule has 11 heteroatoms. The first kappa shape index (κ1) is 27.5. The molecule has 0 aliphatic carbocycles. The lowest BCUT2D eigenvalue weighted by Crippen LogP contribution is -2.38. The number of hydrogen-bond acceptors (Lipinski definition) is 9. The van der Waals surface area contributed by atoms with Crippen molar-refractivity contribution in [2.24, 2.45) is 0 Å². The highest BCUT2D eigenvalue weighted by Gasteiger charge is 2.28. The van der Waals surface area contributed by atoms with Crippen molar-refractivity contribution >= 4 is 18.0 Å². The molecule has 1 aromatic carbocycles. The van der Waals surface area contributed by atoms with Crippen molar-refractivity contribution < 1.29 is 33.3 Å². The molecule has 0 aliphatic rings. The number of hydrogen-bond donors (Lipinski definition) is 2. The number of aromatic nitrogens is 2. The highest BCUT2D eigenvalue weighted by atomic mass is 16.6. The zero-order chi connectivity index (χ0) is 26.0. The van der Waals surface area contributed by atoms with Crippen LogP contribution in [-0.2, 0) is 14.2 Å². The molecule has 1 unspecified atom stereocenters. The van der Waals surface area contributed by atoms with Gasteiger partial charge >= 0.3 is 18.0 Å². The lowest BCUT2D eigenvalue weighted by molar-refractivity contribution is 0.0432. The molecule has 1 amide bonds. The van der Waals surface area contributed by atoms with Gasteiger partial charge in [-0.25, -0.2) is 19.4 Å². The molecule has 0 radical (unpaired) electrons. The molecule has 2 aromatic rings. The van der Waals surface area contributed by atoms with Gasteiger partial charge < -0.3 is 29.2 Å². The smallest absolute Gasteiger partial charge is 0.408 e. The Labute approximate surface area is 203 Å². The molecule has 0 fully saturated rings. The summed E-state index contributed by atoms with van der Waals surface area (Å²) in [5.74, 6) is -2.59. The number of ether oxygens (including phenoxy) is 4. The lowest BCUT2D eigenvalue weighted by Gasteiger charge is -2.23. The van der Waals surface area contributed by atoms with Crippen LogP contribution in [0.25, 0.3) is 0 Å². The van der Waals surface area contributed by atoms with Gasteiger partial charge in [0.2, 0.25) is 5.75 Å². The predicted molar refractivity (Wildman–Crippen MR) is 125 cm³/mol. The van der Waals surface area contributed by atoms with Crippen LogP contribution < -0.4 is 15.6 Å². The van der Waals surface area contributed by atoms with Gasteiger partial charge in [0.1, 0.15) is 17.5 Å². The number of alkyl carbamates (subject to hydrolysis) is 1. The van der Waals surface area contributed by atoms with E-state index < -0.39 is 46.7 Å². The molecular formula is C24H31N3O8. The first-order valence-corrected chi connectivity index (χ1v) is 11.1. The maximum atomic E-state index is 12.9. The maximum absolute atomic E-state index is 12.9. The average molecular weight is 490 g/mol. The number of carbonyl (C=O) groups is 3. The predicted octanol–water partition coefficient (Wildman–Crippen LogP) is 3.16. The van der Waals surface area contributed by atoms with E-state index in [1.54, 1.807) is 39.0 Å². The Morgan fingerprint density at radius 3 is 2.40 bits per heavy atom. The summed E-state index contributed by atoms with van der Waals surface area (Å²) in [7, 11) is 1.10. The Morgan fingerprint density at radius 1 is 1.11 bits per heavy atom. The lowest BCUT2D eigenvalue weighted by atomic mass is 10.2. The second kappa shape index (κ2) is 12.7. The number of nitrogens with zero attached hydrogens (tertiary/aromatic N) is 1. The quantitative estimate of drug-likeness (QED) is 0.379. The molecule has 0 bridgehead atoms. The first-order chi connectivity index (χ1) is 16.6. The summed E-state index contributed by atoms with van der Waals surface area (Å²) in [4.78, 5) is 56.8. The van der Waals surface area contributed by atoms with Crippen LogP contribution in [0.15, 0.2) is 35.1 Å². The van der Waals surface area contributed by atoms with Crippen LogP contribution in [0.2, 0.25) is 0 Å². The average Bonchev–Trinajstić information content (AvgIpc) is 2.81. The van der Waals surface area contributed by atoms with E-state index >= 15 is 0 Å². The van der Waals surface area contributed by atoms with E-state index in [4.69, 9.17) is 18.9 Å². The summed E-state index contributed by atoms with van der Waals surface area (Å²) in [6.07, 6.45) is 0.904. The van der Waals surface area contributed by atoms with Gasteiger partial charge in [-0.1, -0.05) is 31.5 Å². The fourth-order valence-electron chi connectivity index (χ4n) is 2.79. The van der Waals surface area contributed by atoms with Crippen molar-refractivity contribution in [3.63, 3.8) is 0 Å². The van der Waals surface area contributed by atoms with Gasteiger partial charge in [0.15, 0.2) is 5.69 Å². The number of rotatable bonds is 10. The standard InChI is InChI=1S/C24H31N3O8/c1-6-7-13-33-14-16(25-23(31)35-24(2,3)4)19-26-17(22(30)32-5)18(20(28)27-19)34-21(29)15-11-9-8-10-12-15/h8-12,16H,6-7,13-14H2,1-5H3,(H,25,31)(H,26,27,28). The fraction of sp³-hybridized carbons (Fsp3) is 0.458. The van der Waals surface area contributed by atoms with Crippen molar-refractivity contribution in [3.05, 3.63) is 57.8 Å². The van der Waals surface area contributed by atoms with E-state index in [9.17, 15) is 19.2 Å². The summed E-state index contributed by atoms with van der Waals surface area (Å²) in [6.45, 7) is 7.44. The summed E-state index contributed by atoms with van der Waals surface area (Å²) in [5.41, 5.74) is -2.05. The number of H-pyrrole nitrogens is 1. The number of amides is 1. The largest absolute Gasteiger partial charge is 0.464 e. The van der Waals surface area contributed by atoms with Gasteiger partial charge in [0, 0.05) is 6.61 Å². The van der Waals surface area contributed by atoms with Gasteiger partial charge in [0.05, 0.1) is 19.3 Å². The number of esters is 2. The molecule has 0 spiro atoms. The molecule has 0 saturated heterocycles. The number of nitrogens with one attached hydrogen (secondary N) is 2. The molecule has 1 aromatic heterocycles.